The number of piperidine rings is 1. The highest BCUT2D eigenvalue weighted by molar-refractivity contribution is 5.99. The predicted octanol–water partition coefficient (Wildman–Crippen LogP) is 3.82. The molecule has 0 radical (unpaired) electrons. The molecular formula is C30H36N6O4. The van der Waals surface area contributed by atoms with Crippen LogP contribution in [0.3, 0.4) is 0 Å². The first-order valence-corrected chi connectivity index (χ1v) is 14.4. The van der Waals surface area contributed by atoms with E-state index in [9.17, 15) is 10.1 Å². The number of nitrogens with zero attached hydrogens (tertiary/aromatic N) is 4. The second kappa shape index (κ2) is 11.7. The van der Waals surface area contributed by atoms with Gasteiger partial charge in [0.05, 0.1) is 41.8 Å². The summed E-state index contributed by atoms with van der Waals surface area (Å²) in [5, 5.41) is 16.4. The average Bonchev–Trinajstić information content (AvgIpc) is 3.43. The number of rotatable bonds is 7. The van der Waals surface area contributed by atoms with Gasteiger partial charge in [-0.1, -0.05) is 13.0 Å². The molecule has 0 atom stereocenters. The number of aromatic nitrogens is 1. The number of allylic oxidation sites excluding steroid dienone is 2. The van der Waals surface area contributed by atoms with Gasteiger partial charge < -0.3 is 29.7 Å². The average molecular weight is 545 g/mol. The minimum Gasteiger partial charge on any atom is -0.485 e. The van der Waals surface area contributed by atoms with Gasteiger partial charge in [0, 0.05) is 62.5 Å². The predicted molar refractivity (Wildman–Crippen MR) is 152 cm³/mol. The lowest BCUT2D eigenvalue weighted by Crippen LogP contribution is -2.50. The number of hydrogen-bond donors (Lipinski definition) is 2. The van der Waals surface area contributed by atoms with Gasteiger partial charge in [-0.3, -0.25) is 9.69 Å². The summed E-state index contributed by atoms with van der Waals surface area (Å²) in [5.74, 6) is 1.63. The van der Waals surface area contributed by atoms with E-state index in [2.05, 4.69) is 28.5 Å². The molecule has 2 aromatic rings. The molecule has 2 N–H and O–H groups in total. The van der Waals surface area contributed by atoms with E-state index in [0.717, 1.165) is 82.1 Å². The zero-order chi connectivity index (χ0) is 27.5. The van der Waals surface area contributed by atoms with Crippen LogP contribution >= 0.6 is 0 Å². The molecule has 2 fully saturated rings. The van der Waals surface area contributed by atoms with Crippen LogP contribution in [0.4, 0.5) is 17.2 Å². The van der Waals surface area contributed by atoms with E-state index in [4.69, 9.17) is 19.2 Å². The number of nitriles is 1. The molecule has 1 amide bonds. The number of amides is 1. The Labute approximate surface area is 234 Å². The van der Waals surface area contributed by atoms with Crippen molar-refractivity contribution in [3.05, 3.63) is 41.1 Å². The number of morpholine rings is 1. The number of hydrogen-bond acceptors (Lipinski definition) is 9. The van der Waals surface area contributed by atoms with Gasteiger partial charge in [-0.25, -0.2) is 4.98 Å². The van der Waals surface area contributed by atoms with Gasteiger partial charge >= 0.3 is 0 Å². The molecule has 3 aliphatic heterocycles. The minimum absolute atomic E-state index is 0.0226. The number of pyridine rings is 1. The quantitative estimate of drug-likeness (QED) is 0.537. The molecule has 1 aromatic carbocycles. The maximum atomic E-state index is 13.6. The lowest BCUT2D eigenvalue weighted by Gasteiger charge is -2.40. The van der Waals surface area contributed by atoms with Crippen LogP contribution in [0.5, 0.6) is 11.5 Å². The van der Waals surface area contributed by atoms with Gasteiger partial charge in [0.2, 0.25) is 0 Å². The van der Waals surface area contributed by atoms with E-state index >= 15 is 0 Å². The highest BCUT2D eigenvalue weighted by Crippen LogP contribution is 2.43. The highest BCUT2D eigenvalue weighted by Gasteiger charge is 2.32. The third-order valence-electron chi connectivity index (χ3n) is 8.04. The molecule has 10 nitrogen and oxygen atoms in total. The van der Waals surface area contributed by atoms with Crippen LogP contribution in [-0.4, -0.2) is 85.9 Å². The van der Waals surface area contributed by atoms with Crippen LogP contribution in [0, 0.1) is 11.3 Å². The van der Waals surface area contributed by atoms with Crippen molar-refractivity contribution in [2.45, 2.75) is 38.6 Å². The van der Waals surface area contributed by atoms with Crippen molar-refractivity contribution in [2.24, 2.45) is 0 Å². The van der Waals surface area contributed by atoms with Gasteiger partial charge in [0.1, 0.15) is 19.0 Å². The van der Waals surface area contributed by atoms with Crippen LogP contribution in [0.25, 0.3) is 5.57 Å². The fourth-order valence-corrected chi connectivity index (χ4v) is 6.00. The number of ether oxygens (including phenoxy) is 3. The summed E-state index contributed by atoms with van der Waals surface area (Å²) in [6, 6.07) is 8.42. The third kappa shape index (κ3) is 5.19. The van der Waals surface area contributed by atoms with Gasteiger partial charge in [0.25, 0.3) is 5.91 Å². The van der Waals surface area contributed by atoms with Crippen molar-refractivity contribution >= 4 is 28.7 Å². The molecule has 0 saturated carbocycles. The summed E-state index contributed by atoms with van der Waals surface area (Å²) >= 11 is 0. The topological polar surface area (TPSA) is 112 Å². The first-order valence-electron chi connectivity index (χ1n) is 14.4. The molecule has 0 bridgehead atoms. The van der Waals surface area contributed by atoms with Crippen molar-refractivity contribution in [1.82, 2.24) is 14.8 Å². The van der Waals surface area contributed by atoms with Gasteiger partial charge in [0.15, 0.2) is 11.5 Å². The van der Waals surface area contributed by atoms with Crippen LogP contribution in [0.15, 0.2) is 24.3 Å². The maximum Gasteiger partial charge on any atom is 0.257 e. The zero-order valence-electron chi connectivity index (χ0n) is 23.0. The Morgan fingerprint density at radius 3 is 2.60 bits per heavy atom. The van der Waals surface area contributed by atoms with Gasteiger partial charge in [-0.2, -0.15) is 5.26 Å². The number of benzene rings is 1. The van der Waals surface area contributed by atoms with Crippen molar-refractivity contribution in [3.8, 4) is 17.6 Å². The number of fused-ring (bicyclic) bond motifs is 2. The Hall–Kier alpha value is -3.81. The molecule has 6 rings (SSSR count). The number of likely N-dealkylation sites (tertiary alicyclic amines) is 1. The van der Waals surface area contributed by atoms with Crippen LogP contribution in [-0.2, 0) is 11.2 Å². The molecule has 4 heterocycles. The molecule has 210 valence electrons. The Kier molecular flexibility index (Phi) is 7.75. The van der Waals surface area contributed by atoms with Crippen molar-refractivity contribution < 1.29 is 19.0 Å². The van der Waals surface area contributed by atoms with E-state index in [1.54, 1.807) is 0 Å². The summed E-state index contributed by atoms with van der Waals surface area (Å²) in [6.45, 7) is 8.66. The summed E-state index contributed by atoms with van der Waals surface area (Å²) in [4.78, 5) is 22.9. The molecule has 1 aromatic heterocycles. The van der Waals surface area contributed by atoms with Crippen LogP contribution in [0.2, 0.25) is 0 Å². The SMILES string of the molecule is CCCNc1cc(Nc2ccc(C(=O)N3CCC(N4CCOCC4)CC3)c3c2OCCO3)nc2c1C(C#N)=CC2. The molecule has 0 spiro atoms. The smallest absolute Gasteiger partial charge is 0.257 e. The van der Waals surface area contributed by atoms with Gasteiger partial charge in [-0.05, 0) is 31.4 Å². The largest absolute Gasteiger partial charge is 0.485 e. The third-order valence-corrected chi connectivity index (χ3v) is 8.04. The maximum absolute atomic E-state index is 13.6. The molecule has 2 saturated heterocycles. The molecule has 4 aliphatic rings. The minimum atomic E-state index is -0.0226. The normalized spacial score (nSPS) is 19.0. The van der Waals surface area contributed by atoms with Crippen molar-refractivity contribution in [1.29, 1.82) is 5.26 Å². The summed E-state index contributed by atoms with van der Waals surface area (Å²) < 4.78 is 17.6. The van der Waals surface area contributed by atoms with Crippen LogP contribution < -0.4 is 20.1 Å². The second-order valence-electron chi connectivity index (χ2n) is 10.5. The number of nitrogens with one attached hydrogen (secondary N) is 2. The number of carbonyl (C=O) groups excluding carboxylic acids is 1. The fourth-order valence-electron chi connectivity index (χ4n) is 6.00. The zero-order valence-corrected chi connectivity index (χ0v) is 23.0. The lowest BCUT2D eigenvalue weighted by molar-refractivity contribution is 0.00152. The van der Waals surface area contributed by atoms with E-state index in [1.807, 2.05) is 29.2 Å². The monoisotopic (exact) mass is 544 g/mol. The van der Waals surface area contributed by atoms with E-state index in [0.29, 0.717) is 59.8 Å². The van der Waals surface area contributed by atoms with E-state index < -0.39 is 0 Å². The number of carbonyl (C=O) groups is 1. The summed E-state index contributed by atoms with van der Waals surface area (Å²) in [7, 11) is 0. The van der Waals surface area contributed by atoms with Crippen LogP contribution in [0.1, 0.15) is 47.8 Å². The summed E-state index contributed by atoms with van der Waals surface area (Å²) in [6.07, 6.45) is 5.42. The Morgan fingerprint density at radius 1 is 1.07 bits per heavy atom. The molecule has 10 heteroatoms. The first kappa shape index (κ1) is 26.4. The Balaban J connectivity index is 1.22. The first-order chi connectivity index (χ1) is 19.7. The Bertz CT molecular complexity index is 1340. The molecule has 0 unspecified atom stereocenters. The van der Waals surface area contributed by atoms with E-state index in [1.165, 1.54) is 0 Å². The van der Waals surface area contributed by atoms with Gasteiger partial charge in [-0.15, -0.1) is 0 Å². The lowest BCUT2D eigenvalue weighted by atomic mass is 10.0. The molecule has 1 aliphatic carbocycles. The Morgan fingerprint density at radius 2 is 1.85 bits per heavy atom. The summed E-state index contributed by atoms with van der Waals surface area (Å²) in [5.41, 5.74) is 4.49. The second-order valence-corrected chi connectivity index (χ2v) is 10.5. The van der Waals surface area contributed by atoms with E-state index in [-0.39, 0.29) is 5.91 Å². The van der Waals surface area contributed by atoms with Crippen molar-refractivity contribution in [2.75, 3.05) is 69.8 Å². The van der Waals surface area contributed by atoms with Crippen molar-refractivity contribution in [3.63, 3.8) is 0 Å². The highest BCUT2D eigenvalue weighted by atomic mass is 16.6. The standard InChI is InChI=1S/C30H36N6O4/c1-2-9-32-25-18-26(33-23-5-3-20(19-31)27(23)25)34-24-6-4-22(28-29(24)40-17-16-39-28)30(37)36-10-7-21(8-11-36)35-12-14-38-15-13-35/h3-4,6,18,21H,2,5,7-17H2,1H3,(H2,32,33,34). The molecule has 40 heavy (non-hydrogen) atoms. The fraction of sp³-hybridized carbons (Fsp3) is 0.500. The molecular weight excluding hydrogens is 508 g/mol. The number of anilines is 3.